The molecule has 0 spiro atoms. The summed E-state index contributed by atoms with van der Waals surface area (Å²) >= 11 is 0. The van der Waals surface area contributed by atoms with Gasteiger partial charge < -0.3 is 0 Å². The van der Waals surface area contributed by atoms with Gasteiger partial charge in [0.05, 0.1) is 12.1 Å². The van der Waals surface area contributed by atoms with Crippen molar-refractivity contribution in [2.45, 2.75) is 0 Å². The summed E-state index contributed by atoms with van der Waals surface area (Å²) in [6, 6.07) is 4.03. The van der Waals surface area contributed by atoms with E-state index >= 15 is 0 Å². The number of nitrogens with zero attached hydrogens (tertiary/aromatic N) is 3. The summed E-state index contributed by atoms with van der Waals surface area (Å²) in [6.45, 7) is 0.0353. The van der Waals surface area contributed by atoms with E-state index in [0.29, 0.717) is 11.8 Å². The molecule has 4 nitrogen and oxygen atoms in total. The number of azide groups is 1. The lowest BCUT2D eigenvalue weighted by Crippen LogP contribution is -1.88. The minimum Gasteiger partial charge on any atom is -0.298 e. The zero-order chi connectivity index (χ0) is 11.1. The number of carbonyl (C=O) groups excluding carboxylic acids is 1. The van der Waals surface area contributed by atoms with E-state index in [9.17, 15) is 9.18 Å². The van der Waals surface area contributed by atoms with Crippen LogP contribution in [0.3, 0.4) is 0 Å². The average Bonchev–Trinajstić information content (AvgIpc) is 2.25. The van der Waals surface area contributed by atoms with Crippen LogP contribution in [-0.4, -0.2) is 12.8 Å². The molecule has 0 amide bonds. The van der Waals surface area contributed by atoms with Crippen LogP contribution in [0.15, 0.2) is 23.3 Å². The normalized spacial score (nSPS) is 8.33. The van der Waals surface area contributed by atoms with Gasteiger partial charge in [0.2, 0.25) is 0 Å². The van der Waals surface area contributed by atoms with Crippen molar-refractivity contribution in [2.75, 3.05) is 6.54 Å². The van der Waals surface area contributed by atoms with Crippen molar-refractivity contribution >= 4 is 6.29 Å². The topological polar surface area (TPSA) is 65.8 Å². The zero-order valence-electron chi connectivity index (χ0n) is 7.64. The van der Waals surface area contributed by atoms with Crippen LogP contribution >= 0.6 is 0 Å². The molecule has 0 bridgehead atoms. The number of carbonyl (C=O) groups is 1. The first-order valence-electron chi connectivity index (χ1n) is 4.02. The molecular formula is C10H6FN3O. The second kappa shape index (κ2) is 5.43. The maximum atomic E-state index is 13.0. The molecule has 0 unspecified atom stereocenters. The van der Waals surface area contributed by atoms with E-state index in [1.807, 2.05) is 0 Å². The third-order valence-corrected chi connectivity index (χ3v) is 1.57. The lowest BCUT2D eigenvalue weighted by atomic mass is 10.1. The molecule has 0 aliphatic heterocycles. The second-order valence-electron chi connectivity index (χ2n) is 2.54. The van der Waals surface area contributed by atoms with Gasteiger partial charge >= 0.3 is 0 Å². The van der Waals surface area contributed by atoms with Gasteiger partial charge in [-0.25, -0.2) is 4.39 Å². The predicted molar refractivity (Wildman–Crippen MR) is 52.7 cm³/mol. The quantitative estimate of drug-likeness (QED) is 0.239. The van der Waals surface area contributed by atoms with Crippen molar-refractivity contribution in [3.05, 3.63) is 45.6 Å². The van der Waals surface area contributed by atoms with Gasteiger partial charge in [0.25, 0.3) is 0 Å². The zero-order valence-corrected chi connectivity index (χ0v) is 7.64. The molecular weight excluding hydrogens is 197 g/mol. The molecule has 1 aromatic carbocycles. The van der Waals surface area contributed by atoms with Gasteiger partial charge in [0.1, 0.15) is 5.82 Å². The molecule has 0 heterocycles. The minimum atomic E-state index is -0.611. The summed E-state index contributed by atoms with van der Waals surface area (Å²) in [5, 5.41) is 3.20. The lowest BCUT2D eigenvalue weighted by Gasteiger charge is -1.94. The Morgan fingerprint density at radius 2 is 2.40 bits per heavy atom. The van der Waals surface area contributed by atoms with Crippen LogP contribution in [0.5, 0.6) is 0 Å². The molecule has 0 fully saturated rings. The number of rotatable bonds is 2. The van der Waals surface area contributed by atoms with E-state index in [2.05, 4.69) is 21.9 Å². The Morgan fingerprint density at radius 3 is 3.00 bits per heavy atom. The first-order valence-corrected chi connectivity index (χ1v) is 4.02. The summed E-state index contributed by atoms with van der Waals surface area (Å²) in [7, 11) is 0. The molecule has 0 atom stereocenters. The highest BCUT2D eigenvalue weighted by molar-refractivity contribution is 5.75. The molecule has 15 heavy (non-hydrogen) atoms. The summed E-state index contributed by atoms with van der Waals surface area (Å²) in [5.41, 5.74) is 8.40. The van der Waals surface area contributed by atoms with Crippen molar-refractivity contribution in [1.29, 1.82) is 0 Å². The summed E-state index contributed by atoms with van der Waals surface area (Å²) in [5.74, 6) is 4.53. The maximum absolute atomic E-state index is 13.0. The fraction of sp³-hybridized carbons (Fsp3) is 0.100. The van der Waals surface area contributed by atoms with Gasteiger partial charge in [0, 0.05) is 10.5 Å². The van der Waals surface area contributed by atoms with Crippen LogP contribution in [-0.2, 0) is 0 Å². The van der Waals surface area contributed by atoms with Crippen molar-refractivity contribution in [3.8, 4) is 11.8 Å². The van der Waals surface area contributed by atoms with Gasteiger partial charge in [-0.1, -0.05) is 17.0 Å². The molecule has 0 saturated carbocycles. The van der Waals surface area contributed by atoms with Crippen LogP contribution in [0.1, 0.15) is 15.9 Å². The molecule has 0 N–H and O–H groups in total. The van der Waals surface area contributed by atoms with E-state index in [-0.39, 0.29) is 12.1 Å². The minimum absolute atomic E-state index is 0.00408. The number of hydrogen-bond acceptors (Lipinski definition) is 2. The van der Waals surface area contributed by atoms with Gasteiger partial charge in [-0.2, -0.15) is 0 Å². The SMILES string of the molecule is [N-]=[N+]=NCC#Cc1ccc(C=O)c(F)c1. The highest BCUT2D eigenvalue weighted by atomic mass is 19.1. The molecule has 1 aromatic rings. The largest absolute Gasteiger partial charge is 0.298 e. The second-order valence-corrected chi connectivity index (χ2v) is 2.54. The molecule has 0 aliphatic carbocycles. The number of aldehydes is 1. The standard InChI is InChI=1S/C10H6FN3O/c11-10-6-8(2-1-5-13-14-12)3-4-9(10)7-15/h3-4,6-7H,5H2. The highest BCUT2D eigenvalue weighted by Gasteiger charge is 1.99. The lowest BCUT2D eigenvalue weighted by molar-refractivity contribution is 0.112. The van der Waals surface area contributed by atoms with Gasteiger partial charge in [-0.15, -0.1) is 0 Å². The maximum Gasteiger partial charge on any atom is 0.152 e. The van der Waals surface area contributed by atoms with Crippen LogP contribution < -0.4 is 0 Å². The van der Waals surface area contributed by atoms with Crippen molar-refractivity contribution in [2.24, 2.45) is 5.11 Å². The highest BCUT2D eigenvalue weighted by Crippen LogP contribution is 2.07. The monoisotopic (exact) mass is 203 g/mol. The van der Waals surface area contributed by atoms with Crippen molar-refractivity contribution in [3.63, 3.8) is 0 Å². The molecule has 1 rings (SSSR count). The van der Waals surface area contributed by atoms with Crippen LogP contribution in [0.25, 0.3) is 10.4 Å². The molecule has 74 valence electrons. The van der Waals surface area contributed by atoms with Crippen LogP contribution in [0, 0.1) is 17.7 Å². The van der Waals surface area contributed by atoms with Crippen molar-refractivity contribution < 1.29 is 9.18 Å². The smallest absolute Gasteiger partial charge is 0.152 e. The Bertz CT molecular complexity index is 481. The molecule has 0 aromatic heterocycles. The third kappa shape index (κ3) is 3.14. The van der Waals surface area contributed by atoms with E-state index in [4.69, 9.17) is 5.53 Å². The first-order chi connectivity index (χ1) is 7.27. The van der Waals surface area contributed by atoms with Gasteiger partial charge in [-0.05, 0) is 23.7 Å². The van der Waals surface area contributed by atoms with Crippen LogP contribution in [0.2, 0.25) is 0 Å². The Morgan fingerprint density at radius 1 is 1.60 bits per heavy atom. The molecule has 5 heteroatoms. The third-order valence-electron chi connectivity index (χ3n) is 1.57. The molecule has 0 saturated heterocycles. The Hall–Kier alpha value is -2.31. The Balaban J connectivity index is 2.86. The predicted octanol–water partition coefficient (Wildman–Crippen LogP) is 2.30. The first kappa shape index (κ1) is 10.8. The van der Waals surface area contributed by atoms with E-state index in [1.54, 1.807) is 0 Å². The van der Waals surface area contributed by atoms with Crippen LogP contribution in [0.4, 0.5) is 4.39 Å². The molecule has 0 radical (unpaired) electrons. The summed E-state index contributed by atoms with van der Waals surface area (Å²) in [4.78, 5) is 12.8. The fourth-order valence-corrected chi connectivity index (χ4v) is 0.909. The number of halogens is 1. The average molecular weight is 203 g/mol. The summed E-state index contributed by atoms with van der Waals surface area (Å²) in [6.07, 6.45) is 0.437. The van der Waals surface area contributed by atoms with E-state index in [1.165, 1.54) is 12.1 Å². The fourth-order valence-electron chi connectivity index (χ4n) is 0.909. The Kier molecular flexibility index (Phi) is 3.90. The Labute approximate surface area is 85.4 Å². The van der Waals surface area contributed by atoms with E-state index < -0.39 is 5.82 Å². The van der Waals surface area contributed by atoms with Gasteiger partial charge in [0.15, 0.2) is 6.29 Å². The number of hydrogen-bond donors (Lipinski definition) is 0. The molecule has 0 aliphatic rings. The van der Waals surface area contributed by atoms with Crippen molar-refractivity contribution in [1.82, 2.24) is 0 Å². The van der Waals surface area contributed by atoms with Gasteiger partial charge in [-0.3, -0.25) is 4.79 Å². The summed E-state index contributed by atoms with van der Waals surface area (Å²) < 4.78 is 13.0. The number of benzene rings is 1. The van der Waals surface area contributed by atoms with E-state index in [0.717, 1.165) is 6.07 Å².